The number of hydrogen-bond donors (Lipinski definition) is 2. The zero-order valence-electron chi connectivity index (χ0n) is 9.90. The lowest BCUT2D eigenvalue weighted by Crippen LogP contribution is -2.43. The summed E-state index contributed by atoms with van der Waals surface area (Å²) < 4.78 is 30.0. The van der Waals surface area contributed by atoms with Crippen molar-refractivity contribution in [3.05, 3.63) is 24.0 Å². The van der Waals surface area contributed by atoms with Crippen LogP contribution in [0.25, 0.3) is 0 Å². The number of sulfonamides is 1. The number of nitrogens with zero attached hydrogens (tertiary/aromatic N) is 2. The predicted molar refractivity (Wildman–Crippen MR) is 62.2 cm³/mol. The maximum atomic E-state index is 11.9. The monoisotopic (exact) mass is 285 g/mol. The summed E-state index contributed by atoms with van der Waals surface area (Å²) in [6, 6.07) is 2.74. The molecule has 1 aromatic rings. The van der Waals surface area contributed by atoms with Crippen LogP contribution >= 0.6 is 0 Å². The number of hydrogen-bond acceptors (Lipinski definition) is 7. The van der Waals surface area contributed by atoms with E-state index in [0.717, 1.165) is 13.3 Å². The maximum absolute atomic E-state index is 11.9. The van der Waals surface area contributed by atoms with Crippen molar-refractivity contribution < 1.29 is 23.1 Å². The van der Waals surface area contributed by atoms with Gasteiger partial charge in [0, 0.05) is 6.20 Å². The fourth-order valence-electron chi connectivity index (χ4n) is 1.16. The third-order valence-electron chi connectivity index (χ3n) is 2.13. The first-order valence-electron chi connectivity index (χ1n) is 5.01. The quantitative estimate of drug-likeness (QED) is 0.647. The standard InChI is InChI=1S/C10H11N3O5S/c1-18-10(15)9(6-14)13-19(16,17)8-3-2-7(4-11)12-5-8/h2-3,5,9,13-14H,6H2,1H3. The molecule has 19 heavy (non-hydrogen) atoms. The number of aliphatic hydroxyl groups is 1. The molecule has 1 unspecified atom stereocenters. The molecule has 0 saturated carbocycles. The molecular weight excluding hydrogens is 274 g/mol. The Labute approximate surface area is 109 Å². The summed E-state index contributed by atoms with van der Waals surface area (Å²) in [6.45, 7) is -0.740. The molecule has 0 fully saturated rings. The molecular formula is C10H11N3O5S. The third kappa shape index (κ3) is 3.72. The molecule has 0 spiro atoms. The van der Waals surface area contributed by atoms with E-state index in [9.17, 15) is 13.2 Å². The molecule has 102 valence electrons. The molecule has 2 N–H and O–H groups in total. The summed E-state index contributed by atoms with van der Waals surface area (Å²) in [6.07, 6.45) is 0.979. The van der Waals surface area contributed by atoms with Crippen LogP contribution in [0.1, 0.15) is 5.69 Å². The molecule has 0 aliphatic heterocycles. The molecule has 1 aromatic heterocycles. The normalized spacial score (nSPS) is 12.5. The lowest BCUT2D eigenvalue weighted by atomic mass is 10.3. The van der Waals surface area contributed by atoms with Crippen LogP contribution in [0.4, 0.5) is 0 Å². The minimum atomic E-state index is -4.03. The number of nitrogens with one attached hydrogen (secondary N) is 1. The minimum absolute atomic E-state index is 0.0608. The van der Waals surface area contributed by atoms with Gasteiger partial charge in [-0.05, 0) is 12.1 Å². The highest BCUT2D eigenvalue weighted by Crippen LogP contribution is 2.08. The summed E-state index contributed by atoms with van der Waals surface area (Å²) in [5.41, 5.74) is 0.0608. The largest absolute Gasteiger partial charge is 0.468 e. The van der Waals surface area contributed by atoms with Crippen molar-refractivity contribution in [1.29, 1.82) is 5.26 Å². The van der Waals surface area contributed by atoms with Crippen LogP contribution < -0.4 is 4.72 Å². The molecule has 1 heterocycles. The van der Waals surface area contributed by atoms with Crippen LogP contribution in [0.15, 0.2) is 23.2 Å². The number of rotatable bonds is 5. The SMILES string of the molecule is COC(=O)C(CO)NS(=O)(=O)c1ccc(C#N)nc1. The van der Waals surface area contributed by atoms with Gasteiger partial charge in [0.15, 0.2) is 0 Å². The van der Waals surface area contributed by atoms with Gasteiger partial charge in [-0.25, -0.2) is 13.4 Å². The van der Waals surface area contributed by atoms with Crippen LogP contribution in [0.2, 0.25) is 0 Å². The van der Waals surface area contributed by atoms with E-state index in [2.05, 4.69) is 9.72 Å². The van der Waals surface area contributed by atoms with Gasteiger partial charge in [-0.3, -0.25) is 4.79 Å². The van der Waals surface area contributed by atoms with Crippen LogP contribution in [0.5, 0.6) is 0 Å². The van der Waals surface area contributed by atoms with Crippen LogP contribution in [-0.4, -0.2) is 44.2 Å². The van der Waals surface area contributed by atoms with Gasteiger partial charge in [-0.1, -0.05) is 0 Å². The first kappa shape index (κ1) is 15.0. The van der Waals surface area contributed by atoms with Gasteiger partial charge in [-0.2, -0.15) is 9.98 Å². The third-order valence-corrected chi connectivity index (χ3v) is 3.58. The molecule has 0 bridgehead atoms. The molecule has 1 atom stereocenters. The summed E-state index contributed by atoms with van der Waals surface area (Å²) in [7, 11) is -2.96. The first-order valence-corrected chi connectivity index (χ1v) is 6.50. The van der Waals surface area contributed by atoms with E-state index in [1.165, 1.54) is 12.1 Å². The van der Waals surface area contributed by atoms with Crippen molar-refractivity contribution in [1.82, 2.24) is 9.71 Å². The number of nitriles is 1. The Morgan fingerprint density at radius 3 is 2.74 bits per heavy atom. The Balaban J connectivity index is 2.97. The van der Waals surface area contributed by atoms with E-state index in [4.69, 9.17) is 10.4 Å². The van der Waals surface area contributed by atoms with Gasteiger partial charge in [0.05, 0.1) is 13.7 Å². The summed E-state index contributed by atoms with van der Waals surface area (Å²) in [5, 5.41) is 17.5. The molecule has 0 amide bonds. The Hall–Kier alpha value is -2.02. The van der Waals surface area contributed by atoms with Gasteiger partial charge in [0.2, 0.25) is 10.0 Å². The fraction of sp³-hybridized carbons (Fsp3) is 0.300. The predicted octanol–water partition coefficient (Wildman–Crippen LogP) is -1.23. The van der Waals surface area contributed by atoms with Crippen molar-refractivity contribution >= 4 is 16.0 Å². The van der Waals surface area contributed by atoms with Gasteiger partial charge < -0.3 is 9.84 Å². The highest BCUT2D eigenvalue weighted by atomic mass is 32.2. The number of carbonyl (C=O) groups excluding carboxylic acids is 1. The molecule has 8 nitrogen and oxygen atoms in total. The van der Waals surface area contributed by atoms with E-state index >= 15 is 0 Å². The Morgan fingerprint density at radius 1 is 1.63 bits per heavy atom. The zero-order chi connectivity index (χ0) is 14.5. The van der Waals surface area contributed by atoms with Crippen molar-refractivity contribution in [3.8, 4) is 6.07 Å². The van der Waals surface area contributed by atoms with Gasteiger partial charge in [0.25, 0.3) is 0 Å². The second-order valence-corrected chi connectivity index (χ2v) is 5.08. The smallest absolute Gasteiger partial charge is 0.326 e. The molecule has 0 aromatic carbocycles. The number of carbonyl (C=O) groups is 1. The van der Waals surface area contributed by atoms with Gasteiger partial charge in [0.1, 0.15) is 22.7 Å². The minimum Gasteiger partial charge on any atom is -0.468 e. The second kappa shape index (κ2) is 6.24. The van der Waals surface area contributed by atoms with E-state index in [-0.39, 0.29) is 10.6 Å². The van der Waals surface area contributed by atoms with Crippen LogP contribution in [0.3, 0.4) is 0 Å². The van der Waals surface area contributed by atoms with Crippen molar-refractivity contribution in [2.45, 2.75) is 10.9 Å². The number of aliphatic hydroxyl groups excluding tert-OH is 1. The highest BCUT2D eigenvalue weighted by molar-refractivity contribution is 7.89. The van der Waals surface area contributed by atoms with Crippen LogP contribution in [0, 0.1) is 11.3 Å². The average Bonchev–Trinajstić information content (AvgIpc) is 2.44. The molecule has 1 rings (SSSR count). The number of pyridine rings is 1. The van der Waals surface area contributed by atoms with E-state index in [1.807, 2.05) is 4.72 Å². The maximum Gasteiger partial charge on any atom is 0.326 e. The zero-order valence-corrected chi connectivity index (χ0v) is 10.7. The van der Waals surface area contributed by atoms with Gasteiger partial charge >= 0.3 is 5.97 Å². The molecule has 0 saturated heterocycles. The fourth-order valence-corrected chi connectivity index (χ4v) is 2.28. The summed E-state index contributed by atoms with van der Waals surface area (Å²) in [5.74, 6) is -0.910. The molecule has 0 radical (unpaired) electrons. The number of ether oxygens (including phenoxy) is 1. The van der Waals surface area contributed by atoms with Crippen molar-refractivity contribution in [2.75, 3.05) is 13.7 Å². The number of esters is 1. The lowest BCUT2D eigenvalue weighted by Gasteiger charge is -2.13. The first-order chi connectivity index (χ1) is 8.94. The van der Waals surface area contributed by atoms with Crippen LogP contribution in [-0.2, 0) is 19.6 Å². The highest BCUT2D eigenvalue weighted by Gasteiger charge is 2.25. The summed E-state index contributed by atoms with van der Waals surface area (Å²) >= 11 is 0. The van der Waals surface area contributed by atoms with E-state index in [0.29, 0.717) is 0 Å². The van der Waals surface area contributed by atoms with Crippen molar-refractivity contribution in [2.24, 2.45) is 0 Å². The second-order valence-electron chi connectivity index (χ2n) is 3.37. The van der Waals surface area contributed by atoms with Crippen molar-refractivity contribution in [3.63, 3.8) is 0 Å². The Bertz CT molecular complexity index is 591. The van der Waals surface area contributed by atoms with E-state index < -0.39 is 28.6 Å². The molecule has 9 heteroatoms. The Morgan fingerprint density at radius 2 is 2.32 bits per heavy atom. The average molecular weight is 285 g/mol. The number of aromatic nitrogens is 1. The lowest BCUT2D eigenvalue weighted by molar-refractivity contribution is -0.143. The molecule has 0 aliphatic rings. The molecule has 0 aliphatic carbocycles. The topological polar surface area (TPSA) is 129 Å². The Kier molecular flexibility index (Phi) is 4.94. The van der Waals surface area contributed by atoms with E-state index in [1.54, 1.807) is 6.07 Å². The van der Waals surface area contributed by atoms with Gasteiger partial charge in [-0.15, -0.1) is 0 Å². The number of methoxy groups -OCH3 is 1. The summed E-state index contributed by atoms with van der Waals surface area (Å²) in [4.78, 5) is 14.6.